The van der Waals surface area contributed by atoms with Crippen LogP contribution in [0.25, 0.3) is 10.1 Å². The number of hydrogen-bond acceptors (Lipinski definition) is 3. The highest BCUT2D eigenvalue weighted by Crippen LogP contribution is 2.29. The van der Waals surface area contributed by atoms with Gasteiger partial charge in [0.1, 0.15) is 5.75 Å². The lowest BCUT2D eigenvalue weighted by atomic mass is 9.99. The highest BCUT2D eigenvalue weighted by atomic mass is 32.1. The molecule has 0 fully saturated rings. The number of methoxy groups -OCH3 is 1. The van der Waals surface area contributed by atoms with Crippen LogP contribution >= 0.6 is 11.3 Å². The van der Waals surface area contributed by atoms with Crippen LogP contribution in [0.2, 0.25) is 0 Å². The van der Waals surface area contributed by atoms with Gasteiger partial charge in [0.25, 0.3) is 0 Å². The Kier molecular flexibility index (Phi) is 3.72. The summed E-state index contributed by atoms with van der Waals surface area (Å²) in [4.78, 5) is 0. The van der Waals surface area contributed by atoms with Crippen molar-refractivity contribution in [2.75, 3.05) is 7.11 Å². The molecule has 0 aliphatic heterocycles. The monoisotopic (exact) mass is 283 g/mol. The second kappa shape index (κ2) is 5.65. The predicted octanol–water partition coefficient (Wildman–Crippen LogP) is 4.15. The number of nitrogens with two attached hydrogens (primary N) is 1. The highest BCUT2D eigenvalue weighted by molar-refractivity contribution is 7.17. The van der Waals surface area contributed by atoms with Gasteiger partial charge in [-0.2, -0.15) is 0 Å². The summed E-state index contributed by atoms with van der Waals surface area (Å²) in [6.45, 7) is 0. The van der Waals surface area contributed by atoms with Crippen molar-refractivity contribution in [2.24, 2.45) is 5.73 Å². The Bertz CT molecular complexity index is 720. The maximum Gasteiger partial charge on any atom is 0.119 e. The number of rotatable bonds is 4. The molecule has 2 aromatic carbocycles. The molecule has 3 rings (SSSR count). The Morgan fingerprint density at radius 1 is 1.15 bits per heavy atom. The summed E-state index contributed by atoms with van der Waals surface area (Å²) in [5, 5.41) is 3.53. The molecule has 3 heteroatoms. The lowest BCUT2D eigenvalue weighted by molar-refractivity contribution is 0.414. The van der Waals surface area contributed by atoms with Crippen molar-refractivity contribution in [1.82, 2.24) is 0 Å². The number of thiophene rings is 1. The molecule has 0 saturated carbocycles. The van der Waals surface area contributed by atoms with Crippen LogP contribution in [-0.4, -0.2) is 7.11 Å². The van der Waals surface area contributed by atoms with Gasteiger partial charge in [-0.25, -0.2) is 0 Å². The maximum atomic E-state index is 6.35. The summed E-state index contributed by atoms with van der Waals surface area (Å²) in [6.07, 6.45) is 0.844. The molecule has 0 spiro atoms. The van der Waals surface area contributed by atoms with Gasteiger partial charge in [0, 0.05) is 10.7 Å². The fourth-order valence-electron chi connectivity index (χ4n) is 2.42. The van der Waals surface area contributed by atoms with Gasteiger partial charge >= 0.3 is 0 Å². The van der Waals surface area contributed by atoms with E-state index in [0.717, 1.165) is 17.7 Å². The van der Waals surface area contributed by atoms with Gasteiger partial charge in [0.05, 0.1) is 7.11 Å². The average molecular weight is 283 g/mol. The van der Waals surface area contributed by atoms with Gasteiger partial charge in [-0.05, 0) is 46.5 Å². The van der Waals surface area contributed by atoms with Crippen molar-refractivity contribution in [2.45, 2.75) is 12.5 Å². The molecular weight excluding hydrogens is 266 g/mol. The normalized spacial score (nSPS) is 12.5. The summed E-state index contributed by atoms with van der Waals surface area (Å²) in [5.74, 6) is 0.855. The van der Waals surface area contributed by atoms with Gasteiger partial charge in [-0.3, -0.25) is 0 Å². The molecule has 0 aliphatic carbocycles. The van der Waals surface area contributed by atoms with Crippen LogP contribution in [0.1, 0.15) is 17.2 Å². The number of ether oxygens (including phenoxy) is 1. The van der Waals surface area contributed by atoms with Crippen LogP contribution < -0.4 is 10.5 Å². The van der Waals surface area contributed by atoms with E-state index < -0.39 is 0 Å². The Hall–Kier alpha value is -1.84. The molecule has 0 bridgehead atoms. The van der Waals surface area contributed by atoms with Gasteiger partial charge in [0.2, 0.25) is 0 Å². The fourth-order valence-corrected chi connectivity index (χ4v) is 3.39. The lowest BCUT2D eigenvalue weighted by Crippen LogP contribution is -2.13. The second-order valence-electron chi connectivity index (χ2n) is 4.84. The Balaban J connectivity index is 1.86. The van der Waals surface area contributed by atoms with E-state index in [0.29, 0.717) is 0 Å². The largest absolute Gasteiger partial charge is 0.497 e. The van der Waals surface area contributed by atoms with Crippen molar-refractivity contribution < 1.29 is 4.74 Å². The molecule has 0 amide bonds. The summed E-state index contributed by atoms with van der Waals surface area (Å²) in [6, 6.07) is 16.5. The van der Waals surface area contributed by atoms with E-state index in [1.165, 1.54) is 15.6 Å². The molecule has 0 aliphatic rings. The molecule has 0 saturated heterocycles. The molecule has 102 valence electrons. The Morgan fingerprint density at radius 3 is 2.85 bits per heavy atom. The van der Waals surface area contributed by atoms with Crippen molar-refractivity contribution in [3.63, 3.8) is 0 Å². The fraction of sp³-hybridized carbons (Fsp3) is 0.176. The molecule has 2 N–H and O–H groups in total. The molecule has 20 heavy (non-hydrogen) atoms. The van der Waals surface area contributed by atoms with Gasteiger partial charge < -0.3 is 10.5 Å². The highest BCUT2D eigenvalue weighted by Gasteiger charge is 2.11. The van der Waals surface area contributed by atoms with E-state index in [2.05, 4.69) is 35.7 Å². The van der Waals surface area contributed by atoms with Crippen LogP contribution in [0.5, 0.6) is 5.75 Å². The first kappa shape index (κ1) is 13.2. The van der Waals surface area contributed by atoms with Gasteiger partial charge in [-0.1, -0.05) is 30.3 Å². The number of benzene rings is 2. The zero-order valence-electron chi connectivity index (χ0n) is 11.4. The van der Waals surface area contributed by atoms with E-state index in [-0.39, 0.29) is 6.04 Å². The first-order valence-electron chi connectivity index (χ1n) is 6.62. The van der Waals surface area contributed by atoms with E-state index in [4.69, 9.17) is 10.5 Å². The Labute approximate surface area is 122 Å². The zero-order chi connectivity index (χ0) is 13.9. The third-order valence-electron chi connectivity index (χ3n) is 3.52. The summed E-state index contributed by atoms with van der Waals surface area (Å²) < 4.78 is 6.58. The quantitative estimate of drug-likeness (QED) is 0.780. The van der Waals surface area contributed by atoms with Crippen molar-refractivity contribution in [1.29, 1.82) is 0 Å². The second-order valence-corrected chi connectivity index (χ2v) is 5.76. The number of hydrogen-bond donors (Lipinski definition) is 1. The maximum absolute atomic E-state index is 6.35. The van der Waals surface area contributed by atoms with Crippen LogP contribution in [-0.2, 0) is 6.42 Å². The molecule has 1 unspecified atom stereocenters. The van der Waals surface area contributed by atoms with Crippen LogP contribution in [0.4, 0.5) is 0 Å². The number of fused-ring (bicyclic) bond motifs is 1. The predicted molar refractivity (Wildman–Crippen MR) is 85.5 cm³/mol. The van der Waals surface area contributed by atoms with Crippen LogP contribution in [0, 0.1) is 0 Å². The van der Waals surface area contributed by atoms with Gasteiger partial charge in [0.15, 0.2) is 0 Å². The SMILES string of the molecule is COc1cccc(C(N)Cc2csc3ccccc23)c1. The minimum Gasteiger partial charge on any atom is -0.497 e. The van der Waals surface area contributed by atoms with E-state index in [1.807, 2.05) is 18.2 Å². The van der Waals surface area contributed by atoms with E-state index in [1.54, 1.807) is 18.4 Å². The summed E-state index contributed by atoms with van der Waals surface area (Å²) in [5.41, 5.74) is 8.78. The molecule has 1 aromatic heterocycles. The average Bonchev–Trinajstić information content (AvgIpc) is 2.90. The summed E-state index contributed by atoms with van der Waals surface area (Å²) >= 11 is 1.78. The standard InChI is InChI=1S/C17H17NOS/c1-19-14-6-4-5-12(9-14)16(18)10-13-11-20-17-8-3-2-7-15(13)17/h2-9,11,16H,10,18H2,1H3. The smallest absolute Gasteiger partial charge is 0.119 e. The van der Waals surface area contributed by atoms with Gasteiger partial charge in [-0.15, -0.1) is 11.3 Å². The molecular formula is C17H17NOS. The minimum absolute atomic E-state index is 0.0110. The first-order chi connectivity index (χ1) is 9.78. The van der Waals surface area contributed by atoms with Crippen LogP contribution in [0.3, 0.4) is 0 Å². The lowest BCUT2D eigenvalue weighted by Gasteiger charge is -2.12. The molecule has 2 nitrogen and oxygen atoms in total. The topological polar surface area (TPSA) is 35.2 Å². The molecule has 3 aromatic rings. The third kappa shape index (κ3) is 2.55. The van der Waals surface area contributed by atoms with Crippen molar-refractivity contribution in [3.05, 3.63) is 65.0 Å². The molecule has 1 atom stereocenters. The van der Waals surface area contributed by atoms with Crippen molar-refractivity contribution in [3.8, 4) is 5.75 Å². The zero-order valence-corrected chi connectivity index (χ0v) is 12.2. The summed E-state index contributed by atoms with van der Waals surface area (Å²) in [7, 11) is 1.68. The molecule has 0 radical (unpaired) electrons. The third-order valence-corrected chi connectivity index (χ3v) is 4.54. The van der Waals surface area contributed by atoms with Crippen LogP contribution in [0.15, 0.2) is 53.9 Å². The minimum atomic E-state index is -0.0110. The molecule has 1 heterocycles. The van der Waals surface area contributed by atoms with E-state index in [9.17, 15) is 0 Å². The van der Waals surface area contributed by atoms with E-state index >= 15 is 0 Å². The Morgan fingerprint density at radius 2 is 2.00 bits per heavy atom. The van der Waals surface area contributed by atoms with Crippen molar-refractivity contribution >= 4 is 21.4 Å². The first-order valence-corrected chi connectivity index (χ1v) is 7.50.